The summed E-state index contributed by atoms with van der Waals surface area (Å²) in [6, 6.07) is 5.75. The normalized spacial score (nSPS) is 17.1. The van der Waals surface area contributed by atoms with E-state index < -0.39 is 5.60 Å². The van der Waals surface area contributed by atoms with Crippen LogP contribution in [-0.2, 0) is 13.1 Å². The Morgan fingerprint density at radius 3 is 2.89 bits per heavy atom. The molecule has 1 aromatic rings. The molecule has 0 saturated heterocycles. The minimum atomic E-state index is -0.839. The third kappa shape index (κ3) is 2.89. The van der Waals surface area contributed by atoms with E-state index in [4.69, 9.17) is 0 Å². The molecule has 1 aliphatic rings. The highest BCUT2D eigenvalue weighted by Crippen LogP contribution is 2.17. The molecule has 1 unspecified atom stereocenters. The zero-order chi connectivity index (χ0) is 13.2. The molecule has 0 bridgehead atoms. The van der Waals surface area contributed by atoms with Crippen LogP contribution in [-0.4, -0.2) is 23.2 Å². The highest BCUT2D eigenvalue weighted by Gasteiger charge is 2.19. The van der Waals surface area contributed by atoms with E-state index >= 15 is 0 Å². The van der Waals surface area contributed by atoms with Crippen LogP contribution < -0.4 is 10.6 Å². The van der Waals surface area contributed by atoms with Crippen molar-refractivity contribution in [2.45, 2.75) is 39.0 Å². The summed E-state index contributed by atoms with van der Waals surface area (Å²) in [5, 5.41) is 15.9. The first-order valence-electron chi connectivity index (χ1n) is 6.35. The molecule has 98 valence electrons. The van der Waals surface area contributed by atoms with Gasteiger partial charge >= 0.3 is 0 Å². The maximum Gasteiger partial charge on any atom is 0.251 e. The summed E-state index contributed by atoms with van der Waals surface area (Å²) in [5.74, 6) is -0.126. The third-order valence-corrected chi connectivity index (χ3v) is 3.49. The fraction of sp³-hybridized carbons (Fsp3) is 0.500. The average molecular weight is 248 g/mol. The summed E-state index contributed by atoms with van der Waals surface area (Å²) in [6.45, 7) is 5.59. The van der Waals surface area contributed by atoms with Crippen molar-refractivity contribution in [3.8, 4) is 0 Å². The van der Waals surface area contributed by atoms with Gasteiger partial charge in [-0.3, -0.25) is 4.79 Å². The van der Waals surface area contributed by atoms with Crippen molar-refractivity contribution in [3.63, 3.8) is 0 Å². The second kappa shape index (κ2) is 5.08. The first-order valence-corrected chi connectivity index (χ1v) is 6.35. The van der Waals surface area contributed by atoms with E-state index in [-0.39, 0.29) is 12.5 Å². The van der Waals surface area contributed by atoms with Gasteiger partial charge in [-0.2, -0.15) is 0 Å². The van der Waals surface area contributed by atoms with Gasteiger partial charge in [0.2, 0.25) is 0 Å². The van der Waals surface area contributed by atoms with Crippen LogP contribution in [0.4, 0.5) is 0 Å². The van der Waals surface area contributed by atoms with Crippen molar-refractivity contribution >= 4 is 5.91 Å². The molecule has 4 heteroatoms. The molecule has 0 saturated carbocycles. The van der Waals surface area contributed by atoms with Crippen LogP contribution in [0.15, 0.2) is 18.2 Å². The molecule has 0 fully saturated rings. The average Bonchev–Trinajstić information content (AvgIpc) is 2.83. The predicted molar refractivity (Wildman–Crippen MR) is 70.2 cm³/mol. The van der Waals surface area contributed by atoms with Gasteiger partial charge in [0.05, 0.1) is 5.60 Å². The Morgan fingerprint density at radius 2 is 2.17 bits per heavy atom. The zero-order valence-electron chi connectivity index (χ0n) is 10.9. The second-order valence-corrected chi connectivity index (χ2v) is 5.12. The lowest BCUT2D eigenvalue weighted by Crippen LogP contribution is -2.40. The van der Waals surface area contributed by atoms with Crippen molar-refractivity contribution in [3.05, 3.63) is 34.9 Å². The molecular formula is C14H20N2O2. The Labute approximate surface area is 107 Å². The molecular weight excluding hydrogens is 228 g/mol. The molecule has 1 heterocycles. The quantitative estimate of drug-likeness (QED) is 0.750. The number of benzene rings is 1. The highest BCUT2D eigenvalue weighted by molar-refractivity contribution is 5.94. The van der Waals surface area contributed by atoms with Crippen LogP contribution in [0.3, 0.4) is 0 Å². The number of rotatable bonds is 4. The van der Waals surface area contributed by atoms with Crippen LogP contribution in [0.25, 0.3) is 0 Å². The van der Waals surface area contributed by atoms with Crippen LogP contribution in [0.1, 0.15) is 41.8 Å². The number of amides is 1. The fourth-order valence-electron chi connectivity index (χ4n) is 1.93. The molecule has 1 aromatic carbocycles. The minimum absolute atomic E-state index is 0.126. The Balaban J connectivity index is 2.01. The molecule has 1 amide bonds. The Kier molecular flexibility index (Phi) is 3.68. The molecule has 18 heavy (non-hydrogen) atoms. The SMILES string of the molecule is CCC(C)(O)CNC(=O)c1ccc2c(c1)CNC2. The van der Waals surface area contributed by atoms with Crippen molar-refractivity contribution in [2.75, 3.05) is 6.54 Å². The minimum Gasteiger partial charge on any atom is -0.388 e. The summed E-state index contributed by atoms with van der Waals surface area (Å²) in [5.41, 5.74) is 2.26. The van der Waals surface area contributed by atoms with Gasteiger partial charge in [-0.05, 0) is 36.6 Å². The van der Waals surface area contributed by atoms with E-state index in [0.29, 0.717) is 12.0 Å². The molecule has 1 aliphatic heterocycles. The van der Waals surface area contributed by atoms with Crippen LogP contribution >= 0.6 is 0 Å². The largest absolute Gasteiger partial charge is 0.388 e. The van der Waals surface area contributed by atoms with Crippen molar-refractivity contribution < 1.29 is 9.90 Å². The molecule has 4 nitrogen and oxygen atoms in total. The maximum atomic E-state index is 12.0. The van der Waals surface area contributed by atoms with E-state index in [0.717, 1.165) is 13.1 Å². The number of carbonyl (C=O) groups is 1. The van der Waals surface area contributed by atoms with Gasteiger partial charge in [0.25, 0.3) is 5.91 Å². The molecule has 0 aliphatic carbocycles. The van der Waals surface area contributed by atoms with Gasteiger partial charge in [0, 0.05) is 25.2 Å². The van der Waals surface area contributed by atoms with E-state index in [1.807, 2.05) is 25.1 Å². The number of carbonyl (C=O) groups excluding carboxylic acids is 1. The van der Waals surface area contributed by atoms with Crippen molar-refractivity contribution in [1.29, 1.82) is 0 Å². The van der Waals surface area contributed by atoms with Gasteiger partial charge in [0.15, 0.2) is 0 Å². The maximum absolute atomic E-state index is 12.0. The van der Waals surface area contributed by atoms with Gasteiger partial charge < -0.3 is 15.7 Å². The zero-order valence-corrected chi connectivity index (χ0v) is 10.9. The lowest BCUT2D eigenvalue weighted by molar-refractivity contribution is 0.0518. The number of hydrogen-bond acceptors (Lipinski definition) is 3. The second-order valence-electron chi connectivity index (χ2n) is 5.12. The first-order chi connectivity index (χ1) is 8.52. The van der Waals surface area contributed by atoms with Crippen molar-refractivity contribution in [2.24, 2.45) is 0 Å². The predicted octanol–water partition coefficient (Wildman–Crippen LogP) is 1.18. The lowest BCUT2D eigenvalue weighted by atomic mass is 10.0. The Morgan fingerprint density at radius 1 is 1.44 bits per heavy atom. The van der Waals surface area contributed by atoms with Gasteiger partial charge in [-0.25, -0.2) is 0 Å². The summed E-state index contributed by atoms with van der Waals surface area (Å²) in [6.07, 6.45) is 0.612. The van der Waals surface area contributed by atoms with Gasteiger partial charge in [-0.1, -0.05) is 13.0 Å². The summed E-state index contributed by atoms with van der Waals surface area (Å²) >= 11 is 0. The number of nitrogens with one attached hydrogen (secondary N) is 2. The lowest BCUT2D eigenvalue weighted by Gasteiger charge is -2.21. The monoisotopic (exact) mass is 248 g/mol. The third-order valence-electron chi connectivity index (χ3n) is 3.49. The standard InChI is InChI=1S/C14H20N2O2/c1-3-14(2,18)9-16-13(17)10-4-5-11-7-15-8-12(11)6-10/h4-6,15,18H,3,7-9H2,1-2H3,(H,16,17). The van der Waals surface area contributed by atoms with E-state index in [9.17, 15) is 9.90 Å². The van der Waals surface area contributed by atoms with Crippen LogP contribution in [0.5, 0.6) is 0 Å². The number of aliphatic hydroxyl groups is 1. The summed E-state index contributed by atoms with van der Waals surface area (Å²) in [7, 11) is 0. The number of fused-ring (bicyclic) bond motifs is 1. The molecule has 2 rings (SSSR count). The fourth-order valence-corrected chi connectivity index (χ4v) is 1.93. The number of hydrogen-bond donors (Lipinski definition) is 3. The van der Waals surface area contributed by atoms with Crippen LogP contribution in [0, 0.1) is 0 Å². The summed E-state index contributed by atoms with van der Waals surface area (Å²) in [4.78, 5) is 12.0. The Hall–Kier alpha value is -1.39. The molecule has 1 atom stereocenters. The van der Waals surface area contributed by atoms with Crippen molar-refractivity contribution in [1.82, 2.24) is 10.6 Å². The van der Waals surface area contributed by atoms with Gasteiger partial charge in [0.1, 0.15) is 0 Å². The van der Waals surface area contributed by atoms with Crippen LogP contribution in [0.2, 0.25) is 0 Å². The molecule has 0 radical (unpaired) electrons. The smallest absolute Gasteiger partial charge is 0.251 e. The topological polar surface area (TPSA) is 61.4 Å². The first kappa shape index (κ1) is 13.1. The molecule has 0 aromatic heterocycles. The van der Waals surface area contributed by atoms with E-state index in [2.05, 4.69) is 10.6 Å². The summed E-state index contributed by atoms with van der Waals surface area (Å²) < 4.78 is 0. The highest BCUT2D eigenvalue weighted by atomic mass is 16.3. The Bertz CT molecular complexity index is 455. The van der Waals surface area contributed by atoms with E-state index in [1.54, 1.807) is 6.92 Å². The molecule has 0 spiro atoms. The molecule has 3 N–H and O–H groups in total. The van der Waals surface area contributed by atoms with Gasteiger partial charge in [-0.15, -0.1) is 0 Å². The van der Waals surface area contributed by atoms with E-state index in [1.165, 1.54) is 11.1 Å².